The summed E-state index contributed by atoms with van der Waals surface area (Å²) in [4.78, 5) is 14.9. The summed E-state index contributed by atoms with van der Waals surface area (Å²) in [6, 6.07) is 20.7. The lowest BCUT2D eigenvalue weighted by molar-refractivity contribution is -0.159. The molecule has 0 aliphatic carbocycles. The summed E-state index contributed by atoms with van der Waals surface area (Å²) in [5, 5.41) is 0. The van der Waals surface area contributed by atoms with E-state index >= 15 is 0 Å². The Morgan fingerprint density at radius 2 is 1.35 bits per heavy atom. The lowest BCUT2D eigenvalue weighted by Gasteiger charge is -2.29. The van der Waals surface area contributed by atoms with Gasteiger partial charge in [-0.1, -0.05) is 67.6 Å². The fourth-order valence-electron chi connectivity index (χ4n) is 3.23. The van der Waals surface area contributed by atoms with E-state index in [1.165, 1.54) is 11.1 Å². The van der Waals surface area contributed by atoms with E-state index in [9.17, 15) is 4.79 Å². The molecule has 0 aliphatic heterocycles. The summed E-state index contributed by atoms with van der Waals surface area (Å²) in [5.41, 5.74) is 1.80. The first-order chi connectivity index (χ1) is 14.7. The van der Waals surface area contributed by atoms with E-state index in [4.69, 9.17) is 9.47 Å². The van der Waals surface area contributed by atoms with Crippen molar-refractivity contribution in [1.29, 1.82) is 0 Å². The average Bonchev–Trinajstić information content (AvgIpc) is 2.73. The molecule has 4 nitrogen and oxygen atoms in total. The van der Waals surface area contributed by atoms with Crippen LogP contribution in [0.5, 0.6) is 0 Å². The van der Waals surface area contributed by atoms with Crippen molar-refractivity contribution < 1.29 is 14.3 Å². The van der Waals surface area contributed by atoms with Gasteiger partial charge >= 0.3 is 5.97 Å². The monoisotopic (exact) mass is 425 g/mol. The SMILES string of the molecule is CCC(C)(C)OCCC(C)(C)OC(=O)CCN(Cc1ccccc1)Cc1ccccc1. The molecule has 2 aromatic carbocycles. The highest BCUT2D eigenvalue weighted by molar-refractivity contribution is 5.70. The second kappa shape index (κ2) is 12.0. The van der Waals surface area contributed by atoms with Crippen LogP contribution in [0.1, 0.15) is 65.0 Å². The summed E-state index contributed by atoms with van der Waals surface area (Å²) < 4.78 is 11.7. The summed E-state index contributed by atoms with van der Waals surface area (Å²) >= 11 is 0. The van der Waals surface area contributed by atoms with Crippen molar-refractivity contribution in [3.05, 3.63) is 71.8 Å². The van der Waals surface area contributed by atoms with Crippen LogP contribution in [0.3, 0.4) is 0 Å². The Morgan fingerprint density at radius 3 is 1.84 bits per heavy atom. The maximum atomic E-state index is 12.6. The number of esters is 1. The number of carbonyl (C=O) groups excluding carboxylic acids is 1. The van der Waals surface area contributed by atoms with Gasteiger partial charge in [0.15, 0.2) is 0 Å². The van der Waals surface area contributed by atoms with Crippen LogP contribution in [0, 0.1) is 0 Å². The van der Waals surface area contributed by atoms with Crippen molar-refractivity contribution in [2.24, 2.45) is 0 Å². The summed E-state index contributed by atoms with van der Waals surface area (Å²) in [6.45, 7) is 13.0. The second-order valence-electron chi connectivity index (χ2n) is 9.38. The minimum atomic E-state index is -0.537. The zero-order chi connectivity index (χ0) is 22.7. The van der Waals surface area contributed by atoms with Gasteiger partial charge in [-0.2, -0.15) is 0 Å². The van der Waals surface area contributed by atoms with Crippen LogP contribution in [0.2, 0.25) is 0 Å². The molecule has 170 valence electrons. The van der Waals surface area contributed by atoms with Crippen LogP contribution in [0.25, 0.3) is 0 Å². The molecule has 4 heteroatoms. The predicted molar refractivity (Wildman–Crippen MR) is 127 cm³/mol. The first-order valence-electron chi connectivity index (χ1n) is 11.4. The molecule has 0 aromatic heterocycles. The molecule has 0 amide bonds. The number of carbonyl (C=O) groups is 1. The van der Waals surface area contributed by atoms with E-state index in [1.54, 1.807) is 0 Å². The third-order valence-electron chi connectivity index (χ3n) is 5.57. The summed E-state index contributed by atoms with van der Waals surface area (Å²) in [6.07, 6.45) is 2.00. The topological polar surface area (TPSA) is 38.8 Å². The molecule has 0 unspecified atom stereocenters. The van der Waals surface area contributed by atoms with Crippen LogP contribution in [0.15, 0.2) is 60.7 Å². The Bertz CT molecular complexity index is 730. The Kier molecular flexibility index (Phi) is 9.73. The highest BCUT2D eigenvalue weighted by atomic mass is 16.6. The molecular formula is C27H39NO3. The fraction of sp³-hybridized carbons (Fsp3) is 0.519. The van der Waals surface area contributed by atoms with Crippen molar-refractivity contribution in [3.63, 3.8) is 0 Å². The zero-order valence-corrected chi connectivity index (χ0v) is 19.9. The highest BCUT2D eigenvalue weighted by Crippen LogP contribution is 2.20. The van der Waals surface area contributed by atoms with E-state index in [-0.39, 0.29) is 11.6 Å². The number of nitrogens with zero attached hydrogens (tertiary/aromatic N) is 1. The maximum Gasteiger partial charge on any atom is 0.307 e. The Hall–Kier alpha value is -2.17. The smallest absolute Gasteiger partial charge is 0.307 e. The first-order valence-corrected chi connectivity index (χ1v) is 11.4. The van der Waals surface area contributed by atoms with Crippen LogP contribution >= 0.6 is 0 Å². The highest BCUT2D eigenvalue weighted by Gasteiger charge is 2.25. The van der Waals surface area contributed by atoms with Crippen LogP contribution in [-0.4, -0.2) is 35.2 Å². The molecule has 0 fully saturated rings. The number of ether oxygens (including phenoxy) is 2. The maximum absolute atomic E-state index is 12.6. The molecule has 2 rings (SSSR count). The van der Waals surface area contributed by atoms with E-state index in [1.807, 2.05) is 26.0 Å². The summed E-state index contributed by atoms with van der Waals surface area (Å²) in [5.74, 6) is -0.161. The Morgan fingerprint density at radius 1 is 0.839 bits per heavy atom. The standard InChI is InChI=1S/C27H39NO3/c1-6-26(2,3)30-20-18-27(4,5)31-25(29)17-19-28(21-23-13-9-7-10-14-23)22-24-15-11-8-12-16-24/h7-16H,6,17-22H2,1-5H3. The van der Waals surface area contributed by atoms with Crippen LogP contribution in [-0.2, 0) is 27.4 Å². The van der Waals surface area contributed by atoms with Crippen molar-refractivity contribution in [3.8, 4) is 0 Å². The predicted octanol–water partition coefficient (Wildman–Crippen LogP) is 6.00. The van der Waals surface area contributed by atoms with Gasteiger partial charge in [0.2, 0.25) is 0 Å². The van der Waals surface area contributed by atoms with Crippen LogP contribution in [0.4, 0.5) is 0 Å². The van der Waals surface area contributed by atoms with Gasteiger partial charge in [0.1, 0.15) is 5.60 Å². The van der Waals surface area contributed by atoms with Gasteiger partial charge in [-0.05, 0) is 45.2 Å². The normalized spacial score (nSPS) is 12.2. The molecule has 2 aromatic rings. The Balaban J connectivity index is 1.88. The molecule has 0 radical (unpaired) electrons. The van der Waals surface area contributed by atoms with Gasteiger partial charge in [-0.15, -0.1) is 0 Å². The third kappa shape index (κ3) is 10.1. The van der Waals surface area contributed by atoms with E-state index < -0.39 is 5.60 Å². The van der Waals surface area contributed by atoms with Crippen molar-refractivity contribution >= 4 is 5.97 Å². The minimum Gasteiger partial charge on any atom is -0.460 e. The van der Waals surface area contributed by atoms with Gasteiger partial charge in [0.05, 0.1) is 18.6 Å². The number of hydrogen-bond acceptors (Lipinski definition) is 4. The number of benzene rings is 2. The fourth-order valence-corrected chi connectivity index (χ4v) is 3.23. The van der Waals surface area contributed by atoms with Gasteiger partial charge in [0.25, 0.3) is 0 Å². The molecule has 0 aliphatic rings. The van der Waals surface area contributed by atoms with Gasteiger partial charge < -0.3 is 9.47 Å². The largest absolute Gasteiger partial charge is 0.460 e. The lowest BCUT2D eigenvalue weighted by atomic mass is 10.0. The quantitative estimate of drug-likeness (QED) is 0.369. The van der Waals surface area contributed by atoms with E-state index in [0.29, 0.717) is 26.0 Å². The second-order valence-corrected chi connectivity index (χ2v) is 9.38. The van der Waals surface area contributed by atoms with E-state index in [0.717, 1.165) is 19.5 Å². The van der Waals surface area contributed by atoms with Crippen molar-refractivity contribution in [1.82, 2.24) is 4.90 Å². The van der Waals surface area contributed by atoms with E-state index in [2.05, 4.69) is 74.2 Å². The molecule has 0 spiro atoms. The third-order valence-corrected chi connectivity index (χ3v) is 5.57. The molecule has 31 heavy (non-hydrogen) atoms. The molecule has 0 saturated carbocycles. The Labute approximate surface area is 188 Å². The van der Waals surface area contributed by atoms with Gasteiger partial charge in [-0.3, -0.25) is 9.69 Å². The first kappa shape index (κ1) is 25.1. The zero-order valence-electron chi connectivity index (χ0n) is 19.9. The van der Waals surface area contributed by atoms with Crippen LogP contribution < -0.4 is 0 Å². The number of hydrogen-bond donors (Lipinski definition) is 0. The van der Waals surface area contributed by atoms with Gasteiger partial charge in [0, 0.05) is 26.1 Å². The molecule has 0 atom stereocenters. The molecule has 0 N–H and O–H groups in total. The average molecular weight is 426 g/mol. The lowest BCUT2D eigenvalue weighted by Crippen LogP contribution is -2.33. The molecule has 0 bridgehead atoms. The van der Waals surface area contributed by atoms with Gasteiger partial charge in [-0.25, -0.2) is 0 Å². The molecule has 0 saturated heterocycles. The number of rotatable bonds is 13. The van der Waals surface area contributed by atoms with Crippen molar-refractivity contribution in [2.45, 2.75) is 78.2 Å². The minimum absolute atomic E-state index is 0.143. The molecule has 0 heterocycles. The van der Waals surface area contributed by atoms with Crippen molar-refractivity contribution in [2.75, 3.05) is 13.2 Å². The summed E-state index contributed by atoms with van der Waals surface area (Å²) in [7, 11) is 0. The molecular weight excluding hydrogens is 386 g/mol.